The molecular formula is C25H38N2O3. The number of carbonyl (C=O) groups excluding carboxylic acids is 1. The molecule has 1 aromatic heterocycles. The van der Waals surface area contributed by atoms with Crippen molar-refractivity contribution in [2.45, 2.75) is 84.2 Å². The molecule has 0 aliphatic heterocycles. The first-order valence-corrected chi connectivity index (χ1v) is 11.2. The second-order valence-corrected chi connectivity index (χ2v) is 8.76. The van der Waals surface area contributed by atoms with Crippen LogP contribution in [0.2, 0.25) is 0 Å². The largest absolute Gasteiger partial charge is 0.388 e. The number of nitrogens with zero attached hydrogens (tertiary/aromatic N) is 1. The van der Waals surface area contributed by atoms with Crippen molar-refractivity contribution in [3.63, 3.8) is 0 Å². The first kappa shape index (κ1) is 24.1. The minimum Gasteiger partial charge on any atom is -0.388 e. The Kier molecular flexibility index (Phi) is 9.09. The number of ether oxygens (including phenoxy) is 1. The molecule has 2 aliphatic rings. The maximum Gasteiger partial charge on any atom is 0.263 e. The molecule has 0 spiro atoms. The summed E-state index contributed by atoms with van der Waals surface area (Å²) in [6.45, 7) is 6.93. The summed E-state index contributed by atoms with van der Waals surface area (Å²) >= 11 is 0. The lowest BCUT2D eigenvalue weighted by Gasteiger charge is -2.34. The van der Waals surface area contributed by atoms with Gasteiger partial charge in [0, 0.05) is 32.0 Å². The number of allylic oxidation sites excluding steroid dienone is 3. The molecule has 1 aromatic rings. The Hall–Kier alpha value is -2.14. The highest BCUT2D eigenvalue weighted by Gasteiger charge is 2.30. The molecule has 30 heavy (non-hydrogen) atoms. The first-order chi connectivity index (χ1) is 14.3. The van der Waals surface area contributed by atoms with Crippen molar-refractivity contribution in [2.24, 2.45) is 0 Å². The SMILES string of the molecule is CCCCn1c2c(cc(C(=O)NC3(C)CCCCC3)c1=O)CC=CC(C)=C2.COC. The van der Waals surface area contributed by atoms with Gasteiger partial charge in [0.2, 0.25) is 0 Å². The highest BCUT2D eigenvalue weighted by Crippen LogP contribution is 2.28. The second kappa shape index (κ2) is 11.3. The van der Waals surface area contributed by atoms with E-state index >= 15 is 0 Å². The Bertz CT molecular complexity index is 843. The topological polar surface area (TPSA) is 60.3 Å². The lowest BCUT2D eigenvalue weighted by atomic mass is 9.83. The van der Waals surface area contributed by atoms with Crippen molar-refractivity contribution in [3.8, 4) is 0 Å². The molecule has 0 atom stereocenters. The van der Waals surface area contributed by atoms with E-state index in [4.69, 9.17) is 0 Å². The number of carbonyl (C=O) groups is 1. The van der Waals surface area contributed by atoms with Gasteiger partial charge < -0.3 is 14.6 Å². The quantitative estimate of drug-likeness (QED) is 0.747. The van der Waals surface area contributed by atoms with Crippen LogP contribution in [0.5, 0.6) is 0 Å². The number of hydrogen-bond acceptors (Lipinski definition) is 3. The lowest BCUT2D eigenvalue weighted by Crippen LogP contribution is -2.49. The van der Waals surface area contributed by atoms with Crippen molar-refractivity contribution in [3.05, 3.63) is 51.0 Å². The normalized spacial score (nSPS) is 17.2. The van der Waals surface area contributed by atoms with E-state index in [1.54, 1.807) is 14.2 Å². The summed E-state index contributed by atoms with van der Waals surface area (Å²) < 4.78 is 6.06. The van der Waals surface area contributed by atoms with Crippen LogP contribution in [0.3, 0.4) is 0 Å². The van der Waals surface area contributed by atoms with Crippen LogP contribution in [0.1, 0.15) is 87.3 Å². The van der Waals surface area contributed by atoms with E-state index in [0.29, 0.717) is 6.54 Å². The average molecular weight is 415 g/mol. The summed E-state index contributed by atoms with van der Waals surface area (Å²) in [5.41, 5.74) is 3.07. The number of fused-ring (bicyclic) bond motifs is 1. The number of aromatic nitrogens is 1. The van der Waals surface area contributed by atoms with Crippen LogP contribution in [0.25, 0.3) is 6.08 Å². The zero-order valence-electron chi connectivity index (χ0n) is 19.3. The number of pyridine rings is 1. The third-order valence-corrected chi connectivity index (χ3v) is 5.85. The Morgan fingerprint density at radius 2 is 1.90 bits per heavy atom. The Balaban J connectivity index is 0.00000101. The summed E-state index contributed by atoms with van der Waals surface area (Å²) in [6.07, 6.45) is 14.4. The molecule has 2 aliphatic carbocycles. The van der Waals surface area contributed by atoms with E-state index in [-0.39, 0.29) is 22.6 Å². The predicted molar refractivity (Wildman–Crippen MR) is 124 cm³/mol. The third-order valence-electron chi connectivity index (χ3n) is 5.85. The van der Waals surface area contributed by atoms with Crippen LogP contribution < -0.4 is 10.9 Å². The molecule has 1 fully saturated rings. The van der Waals surface area contributed by atoms with E-state index in [1.165, 1.54) is 6.42 Å². The molecule has 0 saturated heterocycles. The molecule has 1 heterocycles. The van der Waals surface area contributed by atoms with Gasteiger partial charge in [0.1, 0.15) is 5.56 Å². The molecule has 1 N–H and O–H groups in total. The summed E-state index contributed by atoms with van der Waals surface area (Å²) in [5.74, 6) is -0.216. The highest BCUT2D eigenvalue weighted by molar-refractivity contribution is 5.94. The van der Waals surface area contributed by atoms with Gasteiger partial charge in [-0.15, -0.1) is 0 Å². The van der Waals surface area contributed by atoms with Crippen molar-refractivity contribution in [2.75, 3.05) is 14.2 Å². The van der Waals surface area contributed by atoms with E-state index in [9.17, 15) is 9.59 Å². The van der Waals surface area contributed by atoms with Crippen LogP contribution >= 0.6 is 0 Å². The summed E-state index contributed by atoms with van der Waals surface area (Å²) in [5, 5.41) is 3.18. The van der Waals surface area contributed by atoms with Crippen LogP contribution in [0.4, 0.5) is 0 Å². The number of nitrogens with one attached hydrogen (secondary N) is 1. The highest BCUT2D eigenvalue weighted by atomic mass is 16.4. The van der Waals surface area contributed by atoms with Crippen LogP contribution in [0.15, 0.2) is 28.6 Å². The van der Waals surface area contributed by atoms with Gasteiger partial charge in [0.05, 0.1) is 0 Å². The minimum absolute atomic E-state index is 0.162. The monoisotopic (exact) mass is 414 g/mol. The van der Waals surface area contributed by atoms with Gasteiger partial charge in [0.25, 0.3) is 11.5 Å². The third kappa shape index (κ3) is 6.18. The zero-order valence-corrected chi connectivity index (χ0v) is 19.3. The fourth-order valence-electron chi connectivity index (χ4n) is 4.21. The van der Waals surface area contributed by atoms with E-state index < -0.39 is 0 Å². The van der Waals surface area contributed by atoms with Gasteiger partial charge >= 0.3 is 0 Å². The Labute approximate surface area is 181 Å². The Morgan fingerprint density at radius 1 is 1.23 bits per heavy atom. The average Bonchev–Trinajstić information content (AvgIpc) is 2.88. The summed E-state index contributed by atoms with van der Waals surface area (Å²) in [6, 6.07) is 1.82. The van der Waals surface area contributed by atoms with Gasteiger partial charge in [-0.3, -0.25) is 9.59 Å². The number of hydrogen-bond donors (Lipinski definition) is 1. The predicted octanol–water partition coefficient (Wildman–Crippen LogP) is 4.88. The van der Waals surface area contributed by atoms with Gasteiger partial charge in [-0.1, -0.05) is 44.8 Å². The Morgan fingerprint density at radius 3 is 2.53 bits per heavy atom. The van der Waals surface area contributed by atoms with Crippen molar-refractivity contribution < 1.29 is 9.53 Å². The van der Waals surface area contributed by atoms with Crippen LogP contribution in [-0.4, -0.2) is 30.2 Å². The van der Waals surface area contributed by atoms with E-state index in [2.05, 4.69) is 42.1 Å². The smallest absolute Gasteiger partial charge is 0.263 e. The molecule has 166 valence electrons. The standard InChI is InChI=1S/C23H32N2O2.C2H6O/c1-4-5-14-25-20-15-17(2)10-9-11-18(20)16-19(22(25)27)21(26)24-23(3)12-7-6-8-13-23;1-3-2/h9-10,15-16H,4-8,11-14H2,1-3H3,(H,24,26);1-2H3. The zero-order chi connectivity index (χ0) is 22.1. The fraction of sp³-hybridized carbons (Fsp3) is 0.600. The minimum atomic E-state index is -0.216. The lowest BCUT2D eigenvalue weighted by molar-refractivity contribution is 0.0880. The first-order valence-electron chi connectivity index (χ1n) is 11.2. The molecule has 1 saturated carbocycles. The molecule has 0 aromatic carbocycles. The maximum atomic E-state index is 13.2. The molecule has 0 unspecified atom stereocenters. The number of methoxy groups -OCH3 is 1. The molecule has 5 nitrogen and oxygen atoms in total. The molecule has 1 amide bonds. The second-order valence-electron chi connectivity index (χ2n) is 8.76. The van der Waals surface area contributed by atoms with Crippen molar-refractivity contribution in [1.82, 2.24) is 9.88 Å². The van der Waals surface area contributed by atoms with Crippen molar-refractivity contribution in [1.29, 1.82) is 0 Å². The van der Waals surface area contributed by atoms with E-state index in [1.807, 2.05) is 17.6 Å². The fourth-order valence-corrected chi connectivity index (χ4v) is 4.21. The van der Waals surface area contributed by atoms with Crippen molar-refractivity contribution >= 4 is 12.0 Å². The van der Waals surface area contributed by atoms with Gasteiger partial charge in [-0.05, 0) is 62.8 Å². The molecule has 5 heteroatoms. The van der Waals surface area contributed by atoms with Crippen LogP contribution in [0, 0.1) is 0 Å². The van der Waals surface area contributed by atoms with Gasteiger partial charge in [-0.25, -0.2) is 0 Å². The summed E-state index contributed by atoms with van der Waals surface area (Å²) in [7, 11) is 3.25. The number of unbranched alkanes of at least 4 members (excludes halogenated alkanes) is 1. The molecule has 3 rings (SSSR count). The molecule has 0 radical (unpaired) electrons. The van der Waals surface area contributed by atoms with Gasteiger partial charge in [-0.2, -0.15) is 0 Å². The van der Waals surface area contributed by atoms with Gasteiger partial charge in [0.15, 0.2) is 0 Å². The maximum absolute atomic E-state index is 13.2. The molecular weight excluding hydrogens is 376 g/mol. The molecule has 0 bridgehead atoms. The summed E-state index contributed by atoms with van der Waals surface area (Å²) in [4.78, 5) is 26.2. The number of amides is 1. The number of rotatable bonds is 5. The van der Waals surface area contributed by atoms with Crippen LogP contribution in [-0.2, 0) is 17.7 Å². The van der Waals surface area contributed by atoms with E-state index in [0.717, 1.165) is 61.8 Å².